The van der Waals surface area contributed by atoms with Crippen LogP contribution in [-0.2, 0) is 0 Å². The van der Waals surface area contributed by atoms with Crippen LogP contribution in [-0.4, -0.2) is 24.5 Å². The van der Waals surface area contributed by atoms with E-state index in [4.69, 9.17) is 11.6 Å². The summed E-state index contributed by atoms with van der Waals surface area (Å²) in [6.07, 6.45) is 3.50. The Morgan fingerprint density at radius 2 is 1.88 bits per heavy atom. The summed E-state index contributed by atoms with van der Waals surface area (Å²) in [5, 5.41) is 3.63. The summed E-state index contributed by atoms with van der Waals surface area (Å²) >= 11 is 5.78. The molecule has 1 atom stereocenters. The van der Waals surface area contributed by atoms with Gasteiger partial charge in [0.05, 0.1) is 5.69 Å². The van der Waals surface area contributed by atoms with Gasteiger partial charge in [-0.2, -0.15) is 0 Å². The molecule has 3 rings (SSSR count). The average Bonchev–Trinajstić information content (AvgIpc) is 2.64. The van der Waals surface area contributed by atoms with Gasteiger partial charge in [-0.15, -0.1) is 0 Å². The lowest BCUT2D eigenvalue weighted by Crippen LogP contribution is -2.36. The van der Waals surface area contributed by atoms with Crippen molar-refractivity contribution in [2.24, 2.45) is 5.92 Å². The van der Waals surface area contributed by atoms with Crippen LogP contribution in [0.15, 0.2) is 48.5 Å². The lowest BCUT2D eigenvalue weighted by Gasteiger charge is -2.36. The molecule has 2 aromatic carbocycles. The quantitative estimate of drug-likeness (QED) is 0.705. The number of piperidine rings is 1. The minimum absolute atomic E-state index is 0.279. The molecule has 2 nitrogen and oxygen atoms in total. The Hall–Kier alpha value is -1.58. The maximum atomic E-state index is 13.8. The van der Waals surface area contributed by atoms with Crippen molar-refractivity contribution in [2.45, 2.75) is 32.2 Å². The summed E-state index contributed by atoms with van der Waals surface area (Å²) in [6.45, 7) is 5.37. The lowest BCUT2D eigenvalue weighted by molar-refractivity contribution is 0.139. The number of anilines is 1. The maximum Gasteiger partial charge on any atom is 0.147 e. The molecular formula is C21H26ClFN2. The van der Waals surface area contributed by atoms with E-state index in [-0.39, 0.29) is 5.82 Å². The van der Waals surface area contributed by atoms with Crippen molar-refractivity contribution in [2.75, 3.05) is 25.0 Å². The average molecular weight is 361 g/mol. The molecule has 1 heterocycles. The summed E-state index contributed by atoms with van der Waals surface area (Å²) in [6, 6.07) is 16.0. The minimum Gasteiger partial charge on any atom is -0.383 e. The van der Waals surface area contributed by atoms with Crippen molar-refractivity contribution in [3.63, 3.8) is 0 Å². The molecule has 1 aliphatic rings. The Labute approximate surface area is 155 Å². The molecule has 1 unspecified atom stereocenters. The van der Waals surface area contributed by atoms with Crippen molar-refractivity contribution < 1.29 is 4.39 Å². The first-order valence-corrected chi connectivity index (χ1v) is 9.49. The zero-order chi connectivity index (χ0) is 17.6. The standard InChI is InChI=1S/C21H26ClFN2/c1-16(18-5-3-2-4-6-18)25-13-10-17(11-14-25)9-12-24-21-8-7-19(22)15-20(21)23/h2-8,15-17,24H,9-14H2,1H3. The van der Waals surface area contributed by atoms with Gasteiger partial charge in [-0.05, 0) is 69.0 Å². The van der Waals surface area contributed by atoms with E-state index in [9.17, 15) is 4.39 Å². The molecule has 1 fully saturated rings. The number of hydrogen-bond acceptors (Lipinski definition) is 2. The van der Waals surface area contributed by atoms with Gasteiger partial charge in [-0.1, -0.05) is 41.9 Å². The second-order valence-corrected chi connectivity index (χ2v) is 7.34. The molecule has 1 saturated heterocycles. The molecule has 0 aliphatic carbocycles. The Bertz CT molecular complexity index is 669. The van der Waals surface area contributed by atoms with Crippen LogP contribution in [0.2, 0.25) is 5.02 Å². The third-order valence-corrected chi connectivity index (χ3v) is 5.51. The van der Waals surface area contributed by atoms with Gasteiger partial charge in [-0.3, -0.25) is 4.90 Å². The fraction of sp³-hybridized carbons (Fsp3) is 0.429. The number of hydrogen-bond donors (Lipinski definition) is 1. The van der Waals surface area contributed by atoms with Crippen molar-refractivity contribution in [1.29, 1.82) is 0 Å². The topological polar surface area (TPSA) is 15.3 Å². The van der Waals surface area contributed by atoms with E-state index in [2.05, 4.69) is 47.5 Å². The van der Waals surface area contributed by atoms with Crippen LogP contribution in [0.5, 0.6) is 0 Å². The number of nitrogens with one attached hydrogen (secondary N) is 1. The fourth-order valence-electron chi connectivity index (χ4n) is 3.62. The van der Waals surface area contributed by atoms with Crippen LogP contribution in [0.25, 0.3) is 0 Å². The maximum absolute atomic E-state index is 13.8. The predicted molar refractivity (Wildman–Crippen MR) is 104 cm³/mol. The van der Waals surface area contributed by atoms with E-state index >= 15 is 0 Å². The molecule has 2 aromatic rings. The third-order valence-electron chi connectivity index (χ3n) is 5.28. The van der Waals surface area contributed by atoms with Gasteiger partial charge in [0.2, 0.25) is 0 Å². The molecular weight excluding hydrogens is 335 g/mol. The summed E-state index contributed by atoms with van der Waals surface area (Å²) in [7, 11) is 0. The summed E-state index contributed by atoms with van der Waals surface area (Å²) in [5.41, 5.74) is 1.93. The number of halogens is 2. The van der Waals surface area contributed by atoms with Crippen molar-refractivity contribution in [1.82, 2.24) is 4.90 Å². The van der Waals surface area contributed by atoms with Crippen molar-refractivity contribution in [3.8, 4) is 0 Å². The van der Waals surface area contributed by atoms with Crippen molar-refractivity contribution in [3.05, 3.63) is 64.9 Å². The van der Waals surface area contributed by atoms with Gasteiger partial charge in [0, 0.05) is 17.6 Å². The van der Waals surface area contributed by atoms with Crippen LogP contribution in [0, 0.1) is 11.7 Å². The minimum atomic E-state index is -0.279. The van der Waals surface area contributed by atoms with E-state index < -0.39 is 0 Å². The highest BCUT2D eigenvalue weighted by molar-refractivity contribution is 6.30. The molecule has 0 bridgehead atoms. The number of rotatable bonds is 6. The lowest BCUT2D eigenvalue weighted by atomic mass is 9.92. The molecule has 134 valence electrons. The van der Waals surface area contributed by atoms with Crippen LogP contribution >= 0.6 is 11.6 Å². The largest absolute Gasteiger partial charge is 0.383 e. The zero-order valence-electron chi connectivity index (χ0n) is 14.7. The predicted octanol–water partition coefficient (Wildman–Crippen LogP) is 5.75. The van der Waals surface area contributed by atoms with E-state index in [1.165, 1.54) is 24.5 Å². The van der Waals surface area contributed by atoms with Crippen LogP contribution < -0.4 is 5.32 Å². The first kappa shape index (κ1) is 18.2. The molecule has 0 spiro atoms. The Balaban J connectivity index is 1.42. The Morgan fingerprint density at radius 3 is 2.56 bits per heavy atom. The van der Waals surface area contributed by atoms with Gasteiger partial charge >= 0.3 is 0 Å². The van der Waals surface area contributed by atoms with Crippen LogP contribution in [0.3, 0.4) is 0 Å². The molecule has 25 heavy (non-hydrogen) atoms. The number of nitrogens with zero attached hydrogens (tertiary/aromatic N) is 1. The monoisotopic (exact) mass is 360 g/mol. The van der Waals surface area contributed by atoms with Gasteiger partial charge in [0.1, 0.15) is 5.82 Å². The van der Waals surface area contributed by atoms with E-state index in [0.717, 1.165) is 26.1 Å². The van der Waals surface area contributed by atoms with Crippen molar-refractivity contribution >= 4 is 17.3 Å². The first-order chi connectivity index (χ1) is 12.1. The fourth-order valence-corrected chi connectivity index (χ4v) is 3.77. The third kappa shape index (κ3) is 4.96. The smallest absolute Gasteiger partial charge is 0.147 e. The normalized spacial score (nSPS) is 17.4. The number of likely N-dealkylation sites (tertiary alicyclic amines) is 1. The van der Waals surface area contributed by atoms with E-state index in [0.29, 0.717) is 22.7 Å². The molecule has 4 heteroatoms. The first-order valence-electron chi connectivity index (χ1n) is 9.11. The molecule has 0 amide bonds. The van der Waals surface area contributed by atoms with E-state index in [1.807, 2.05) is 0 Å². The Kier molecular flexibility index (Phi) is 6.33. The van der Waals surface area contributed by atoms with Gasteiger partial charge in [0.25, 0.3) is 0 Å². The van der Waals surface area contributed by atoms with Crippen LogP contribution in [0.4, 0.5) is 10.1 Å². The number of benzene rings is 2. The summed E-state index contributed by atoms with van der Waals surface area (Å²) < 4.78 is 13.8. The summed E-state index contributed by atoms with van der Waals surface area (Å²) in [5.74, 6) is 0.432. The molecule has 0 saturated carbocycles. The van der Waals surface area contributed by atoms with Gasteiger partial charge in [0.15, 0.2) is 0 Å². The Morgan fingerprint density at radius 1 is 1.16 bits per heavy atom. The van der Waals surface area contributed by atoms with Crippen LogP contribution in [0.1, 0.15) is 37.8 Å². The second-order valence-electron chi connectivity index (χ2n) is 6.91. The van der Waals surface area contributed by atoms with Gasteiger partial charge in [-0.25, -0.2) is 4.39 Å². The molecule has 1 aliphatic heterocycles. The molecule has 1 N–H and O–H groups in total. The zero-order valence-corrected chi connectivity index (χ0v) is 15.5. The summed E-state index contributed by atoms with van der Waals surface area (Å²) in [4.78, 5) is 2.57. The van der Waals surface area contributed by atoms with Gasteiger partial charge < -0.3 is 5.32 Å². The molecule has 0 radical (unpaired) electrons. The highest BCUT2D eigenvalue weighted by atomic mass is 35.5. The highest BCUT2D eigenvalue weighted by Crippen LogP contribution is 2.28. The SMILES string of the molecule is CC(c1ccccc1)N1CCC(CCNc2ccc(Cl)cc2F)CC1. The molecule has 0 aromatic heterocycles. The second kappa shape index (κ2) is 8.68. The van der Waals surface area contributed by atoms with E-state index in [1.54, 1.807) is 12.1 Å². The highest BCUT2D eigenvalue weighted by Gasteiger charge is 2.23.